The number of hydrogen-bond donors (Lipinski definition) is 1. The first-order chi connectivity index (χ1) is 18.9. The van der Waals surface area contributed by atoms with Gasteiger partial charge in [-0.1, -0.05) is 53.3 Å². The van der Waals surface area contributed by atoms with Crippen LogP contribution in [0.5, 0.6) is 11.5 Å². The van der Waals surface area contributed by atoms with Crippen LogP contribution in [0.2, 0.25) is 5.02 Å². The highest BCUT2D eigenvalue weighted by atomic mass is 35.5. The summed E-state index contributed by atoms with van der Waals surface area (Å²) in [6, 6.07) is 21.2. The smallest absolute Gasteiger partial charge is 0.271 e. The molecule has 39 heavy (non-hydrogen) atoms. The molecule has 4 aromatic rings. The zero-order valence-electron chi connectivity index (χ0n) is 21.6. The standard InChI is InChI=1S/C30H26ClN3O4S/c1-4-38-23-13-10-19(11-14-23)27-26(28(35)33-22-8-6-5-7-9-22)18(2)32-30-34(27)29(36)25(39-30)17-20-16-21(31)12-15-24(20)37-3/h5-17,27H,4H2,1-3H3,(H,33,35)/b25-17-/t27-/m1/s1. The number of aromatic nitrogens is 1. The summed E-state index contributed by atoms with van der Waals surface area (Å²) in [5.74, 6) is 0.970. The molecule has 1 aliphatic rings. The molecule has 198 valence electrons. The van der Waals surface area contributed by atoms with Gasteiger partial charge in [-0.3, -0.25) is 14.2 Å². The lowest BCUT2D eigenvalue weighted by Crippen LogP contribution is -2.40. The maximum absolute atomic E-state index is 13.9. The van der Waals surface area contributed by atoms with Crippen LogP contribution in [0.3, 0.4) is 0 Å². The molecular formula is C30H26ClN3O4S. The normalized spacial score (nSPS) is 15.0. The van der Waals surface area contributed by atoms with Gasteiger partial charge in [-0.25, -0.2) is 4.99 Å². The van der Waals surface area contributed by atoms with Crippen molar-refractivity contribution >= 4 is 40.6 Å². The Morgan fingerprint density at radius 1 is 1.13 bits per heavy atom. The van der Waals surface area contributed by atoms with Gasteiger partial charge in [-0.15, -0.1) is 0 Å². The van der Waals surface area contributed by atoms with Crippen molar-refractivity contribution in [1.82, 2.24) is 4.57 Å². The minimum Gasteiger partial charge on any atom is -0.496 e. The van der Waals surface area contributed by atoms with E-state index >= 15 is 0 Å². The molecule has 0 aliphatic carbocycles. The maximum Gasteiger partial charge on any atom is 0.271 e. The Morgan fingerprint density at radius 2 is 1.87 bits per heavy atom. The second-order valence-corrected chi connectivity index (χ2v) is 10.2. The van der Waals surface area contributed by atoms with Crippen molar-refractivity contribution in [3.63, 3.8) is 0 Å². The number of carbonyl (C=O) groups is 1. The number of rotatable bonds is 7. The number of hydrogen-bond acceptors (Lipinski definition) is 6. The molecule has 2 heterocycles. The van der Waals surface area contributed by atoms with Crippen molar-refractivity contribution in [2.24, 2.45) is 4.99 Å². The predicted octanol–water partition coefficient (Wildman–Crippen LogP) is 4.93. The Hall–Kier alpha value is -4.14. The molecule has 1 aromatic heterocycles. The van der Waals surface area contributed by atoms with Gasteiger partial charge in [0.25, 0.3) is 11.5 Å². The summed E-state index contributed by atoms with van der Waals surface area (Å²) in [4.78, 5) is 32.8. The topological polar surface area (TPSA) is 81.9 Å². The van der Waals surface area contributed by atoms with E-state index in [1.165, 1.54) is 11.3 Å². The van der Waals surface area contributed by atoms with Gasteiger partial charge < -0.3 is 14.8 Å². The molecule has 0 spiro atoms. The van der Waals surface area contributed by atoms with E-state index in [1.807, 2.05) is 61.5 Å². The van der Waals surface area contributed by atoms with Gasteiger partial charge in [0.2, 0.25) is 0 Å². The molecule has 1 aliphatic heterocycles. The van der Waals surface area contributed by atoms with Gasteiger partial charge in [0, 0.05) is 16.3 Å². The maximum atomic E-state index is 13.9. The third-order valence-electron chi connectivity index (χ3n) is 6.28. The van der Waals surface area contributed by atoms with Crippen LogP contribution < -0.4 is 29.7 Å². The summed E-state index contributed by atoms with van der Waals surface area (Å²) in [7, 11) is 1.56. The molecule has 0 radical (unpaired) electrons. The lowest BCUT2D eigenvalue weighted by molar-refractivity contribution is -0.113. The SMILES string of the molecule is CCOc1ccc([C@@H]2C(C(=O)Nc3ccccc3)=C(C)N=c3s/c(=C\c4cc(Cl)ccc4OC)c(=O)n32)cc1. The molecule has 0 unspecified atom stereocenters. The fraction of sp³-hybridized carbons (Fsp3) is 0.167. The quantitative estimate of drug-likeness (QED) is 0.348. The zero-order valence-corrected chi connectivity index (χ0v) is 23.2. The van der Waals surface area contributed by atoms with E-state index in [0.29, 0.717) is 55.0 Å². The first-order valence-electron chi connectivity index (χ1n) is 12.3. The summed E-state index contributed by atoms with van der Waals surface area (Å²) in [5, 5.41) is 3.48. The van der Waals surface area contributed by atoms with Gasteiger partial charge in [0.1, 0.15) is 11.5 Å². The molecule has 0 bridgehead atoms. The first-order valence-corrected chi connectivity index (χ1v) is 13.5. The molecule has 0 fully saturated rings. The zero-order chi connectivity index (χ0) is 27.5. The fourth-order valence-electron chi connectivity index (χ4n) is 4.52. The summed E-state index contributed by atoms with van der Waals surface area (Å²) < 4.78 is 13.1. The molecule has 1 N–H and O–H groups in total. The minimum absolute atomic E-state index is 0.267. The van der Waals surface area contributed by atoms with Crippen molar-refractivity contribution in [1.29, 1.82) is 0 Å². The van der Waals surface area contributed by atoms with E-state index in [0.717, 1.165) is 5.56 Å². The number of ether oxygens (including phenoxy) is 2. The second-order valence-electron chi connectivity index (χ2n) is 8.79. The van der Waals surface area contributed by atoms with Gasteiger partial charge in [-0.2, -0.15) is 0 Å². The number of nitrogens with zero attached hydrogens (tertiary/aromatic N) is 2. The third-order valence-corrected chi connectivity index (χ3v) is 7.50. The van der Waals surface area contributed by atoms with E-state index < -0.39 is 6.04 Å². The van der Waals surface area contributed by atoms with Crippen molar-refractivity contribution in [3.05, 3.63) is 120 Å². The number of nitrogens with one attached hydrogen (secondary N) is 1. The summed E-state index contributed by atoms with van der Waals surface area (Å²) in [5.41, 5.74) is 2.75. The molecule has 5 rings (SSSR count). The Balaban J connectivity index is 1.68. The van der Waals surface area contributed by atoms with Crippen LogP contribution in [-0.2, 0) is 4.79 Å². The van der Waals surface area contributed by atoms with Crippen LogP contribution in [0.1, 0.15) is 31.0 Å². The molecule has 1 atom stereocenters. The number of thiazole rings is 1. The number of methoxy groups -OCH3 is 1. The van der Waals surface area contributed by atoms with Gasteiger partial charge >= 0.3 is 0 Å². The predicted molar refractivity (Wildman–Crippen MR) is 154 cm³/mol. The number of anilines is 1. The van der Waals surface area contributed by atoms with Crippen LogP contribution in [0.25, 0.3) is 6.08 Å². The number of amides is 1. The van der Waals surface area contributed by atoms with E-state index in [4.69, 9.17) is 26.1 Å². The lowest BCUT2D eigenvalue weighted by atomic mass is 9.95. The third kappa shape index (κ3) is 5.39. The Labute approximate surface area is 234 Å². The summed E-state index contributed by atoms with van der Waals surface area (Å²) >= 11 is 7.48. The van der Waals surface area contributed by atoms with Crippen molar-refractivity contribution in [2.75, 3.05) is 19.0 Å². The Bertz CT molecular complexity index is 1740. The number of halogens is 1. The van der Waals surface area contributed by atoms with E-state index in [-0.39, 0.29) is 11.5 Å². The molecular weight excluding hydrogens is 534 g/mol. The summed E-state index contributed by atoms with van der Waals surface area (Å²) in [6.07, 6.45) is 1.74. The minimum atomic E-state index is -0.691. The highest BCUT2D eigenvalue weighted by Gasteiger charge is 2.32. The largest absolute Gasteiger partial charge is 0.496 e. The Kier molecular flexibility index (Phi) is 7.67. The monoisotopic (exact) mass is 559 g/mol. The number of allylic oxidation sites excluding steroid dienone is 1. The molecule has 0 saturated heterocycles. The molecule has 1 amide bonds. The number of carbonyl (C=O) groups excluding carboxylic acids is 1. The van der Waals surface area contributed by atoms with Crippen molar-refractivity contribution in [2.45, 2.75) is 19.9 Å². The van der Waals surface area contributed by atoms with E-state index in [2.05, 4.69) is 5.32 Å². The lowest BCUT2D eigenvalue weighted by Gasteiger charge is -2.25. The average molecular weight is 560 g/mol. The highest BCUT2D eigenvalue weighted by Crippen LogP contribution is 2.32. The number of para-hydroxylation sites is 1. The van der Waals surface area contributed by atoms with Gasteiger partial charge in [0.05, 0.1) is 35.6 Å². The van der Waals surface area contributed by atoms with Crippen LogP contribution >= 0.6 is 22.9 Å². The number of fused-ring (bicyclic) bond motifs is 1. The Morgan fingerprint density at radius 3 is 2.56 bits per heavy atom. The second kappa shape index (κ2) is 11.3. The number of benzene rings is 3. The van der Waals surface area contributed by atoms with E-state index in [1.54, 1.807) is 42.9 Å². The van der Waals surface area contributed by atoms with E-state index in [9.17, 15) is 9.59 Å². The first kappa shape index (κ1) is 26.5. The molecule has 7 nitrogen and oxygen atoms in total. The fourth-order valence-corrected chi connectivity index (χ4v) is 5.74. The van der Waals surface area contributed by atoms with Gasteiger partial charge in [0.15, 0.2) is 4.80 Å². The average Bonchev–Trinajstić information content (AvgIpc) is 3.23. The van der Waals surface area contributed by atoms with Crippen molar-refractivity contribution in [3.8, 4) is 11.5 Å². The van der Waals surface area contributed by atoms with Crippen LogP contribution in [0.4, 0.5) is 5.69 Å². The van der Waals surface area contributed by atoms with Gasteiger partial charge in [-0.05, 0) is 68.0 Å². The highest BCUT2D eigenvalue weighted by molar-refractivity contribution is 7.07. The van der Waals surface area contributed by atoms with Crippen molar-refractivity contribution < 1.29 is 14.3 Å². The van der Waals surface area contributed by atoms with Crippen LogP contribution in [-0.4, -0.2) is 24.2 Å². The van der Waals surface area contributed by atoms with Crippen LogP contribution in [0.15, 0.2) is 93.9 Å². The van der Waals surface area contributed by atoms with Crippen LogP contribution in [0, 0.1) is 0 Å². The summed E-state index contributed by atoms with van der Waals surface area (Å²) in [6.45, 7) is 4.24. The molecule has 0 saturated carbocycles. The molecule has 3 aromatic carbocycles. The molecule has 9 heteroatoms.